The summed E-state index contributed by atoms with van der Waals surface area (Å²) in [5, 5.41) is 11.1. The fourth-order valence-corrected chi connectivity index (χ4v) is 1.54. The van der Waals surface area contributed by atoms with Gasteiger partial charge >= 0.3 is 5.97 Å². The molecule has 0 spiro atoms. The van der Waals surface area contributed by atoms with E-state index in [-0.39, 0.29) is 6.42 Å². The van der Waals surface area contributed by atoms with E-state index in [9.17, 15) is 14.4 Å². The second-order valence-electron chi connectivity index (χ2n) is 4.29. The van der Waals surface area contributed by atoms with Gasteiger partial charge in [0.2, 0.25) is 11.8 Å². The van der Waals surface area contributed by atoms with Gasteiger partial charge in [0.1, 0.15) is 6.04 Å². The molecule has 0 aliphatic carbocycles. The molecule has 4 N–H and O–H groups in total. The molecule has 1 aromatic rings. The number of nitrogens with one attached hydrogen (secondary N) is 1. The van der Waals surface area contributed by atoms with Crippen molar-refractivity contribution in [1.82, 2.24) is 5.32 Å². The number of aliphatic carboxylic acids is 1. The predicted octanol–water partition coefficient (Wildman–Crippen LogP) is -0.0177. The Hall–Kier alpha value is -2.37. The lowest BCUT2D eigenvalue weighted by Gasteiger charge is -2.12. The molecule has 102 valence electrons. The summed E-state index contributed by atoms with van der Waals surface area (Å²) in [5.41, 5.74) is 6.76. The number of primary amides is 1. The van der Waals surface area contributed by atoms with Crippen molar-refractivity contribution in [3.8, 4) is 0 Å². The largest absolute Gasteiger partial charge is 0.480 e. The molecule has 1 atom stereocenters. The number of hydrogen-bond donors (Lipinski definition) is 3. The van der Waals surface area contributed by atoms with E-state index in [2.05, 4.69) is 5.32 Å². The molecule has 0 aromatic heterocycles. The van der Waals surface area contributed by atoms with Gasteiger partial charge in [0.05, 0.1) is 12.8 Å². The van der Waals surface area contributed by atoms with Gasteiger partial charge in [0.25, 0.3) is 0 Å². The van der Waals surface area contributed by atoms with E-state index >= 15 is 0 Å². The minimum atomic E-state index is -1.28. The standard InChI is InChI=1S/C13H16N2O4/c1-8-2-4-9(5-3-8)6-12(17)15-10(13(18)19)7-11(14)16/h2-5,10H,6-7H2,1H3,(H2,14,16)(H,15,17)(H,18,19)/t10-/m1/s1. The third-order valence-corrected chi connectivity index (χ3v) is 2.52. The van der Waals surface area contributed by atoms with Gasteiger partial charge in [-0.3, -0.25) is 9.59 Å². The number of carbonyl (C=O) groups is 3. The van der Waals surface area contributed by atoms with Crippen LogP contribution in [0.3, 0.4) is 0 Å². The van der Waals surface area contributed by atoms with Crippen molar-refractivity contribution in [2.75, 3.05) is 0 Å². The molecule has 0 bridgehead atoms. The van der Waals surface area contributed by atoms with Crippen LogP contribution in [0.15, 0.2) is 24.3 Å². The topological polar surface area (TPSA) is 109 Å². The number of hydrogen-bond acceptors (Lipinski definition) is 3. The van der Waals surface area contributed by atoms with E-state index in [4.69, 9.17) is 10.8 Å². The highest BCUT2D eigenvalue weighted by atomic mass is 16.4. The number of carboxylic acid groups (broad SMARTS) is 1. The fraction of sp³-hybridized carbons (Fsp3) is 0.308. The first-order chi connectivity index (χ1) is 8.88. The number of rotatable bonds is 6. The van der Waals surface area contributed by atoms with Gasteiger partial charge in [-0.2, -0.15) is 0 Å². The second-order valence-corrected chi connectivity index (χ2v) is 4.29. The van der Waals surface area contributed by atoms with Crippen molar-refractivity contribution in [3.05, 3.63) is 35.4 Å². The SMILES string of the molecule is Cc1ccc(CC(=O)N[C@H](CC(N)=O)C(=O)O)cc1. The van der Waals surface area contributed by atoms with Crippen molar-refractivity contribution in [3.63, 3.8) is 0 Å². The zero-order valence-corrected chi connectivity index (χ0v) is 10.6. The molecule has 6 heteroatoms. The van der Waals surface area contributed by atoms with E-state index in [0.29, 0.717) is 0 Å². The molecule has 2 amide bonds. The van der Waals surface area contributed by atoms with Crippen LogP contribution in [0, 0.1) is 6.92 Å². The maximum absolute atomic E-state index is 11.7. The lowest BCUT2D eigenvalue weighted by Crippen LogP contribution is -2.43. The second kappa shape index (κ2) is 6.53. The van der Waals surface area contributed by atoms with Crippen LogP contribution in [-0.4, -0.2) is 28.9 Å². The number of aryl methyl sites for hydroxylation is 1. The number of carbonyl (C=O) groups excluding carboxylic acids is 2. The average Bonchev–Trinajstić information content (AvgIpc) is 2.30. The summed E-state index contributed by atoms with van der Waals surface area (Å²) in [4.78, 5) is 33.2. The van der Waals surface area contributed by atoms with Crippen LogP contribution in [0.1, 0.15) is 17.5 Å². The van der Waals surface area contributed by atoms with Crippen LogP contribution in [-0.2, 0) is 20.8 Å². The van der Waals surface area contributed by atoms with E-state index in [1.54, 1.807) is 12.1 Å². The summed E-state index contributed by atoms with van der Waals surface area (Å²) in [6, 6.07) is 6.02. The highest BCUT2D eigenvalue weighted by Crippen LogP contribution is 2.04. The Kier molecular flexibility index (Phi) is 5.05. The molecule has 0 saturated carbocycles. The van der Waals surface area contributed by atoms with Gasteiger partial charge in [-0.15, -0.1) is 0 Å². The number of nitrogens with two attached hydrogens (primary N) is 1. The molecule has 0 unspecified atom stereocenters. The summed E-state index contributed by atoms with van der Waals surface area (Å²) >= 11 is 0. The van der Waals surface area contributed by atoms with Crippen LogP contribution in [0.4, 0.5) is 0 Å². The predicted molar refractivity (Wildman–Crippen MR) is 68.3 cm³/mol. The molecule has 1 rings (SSSR count). The van der Waals surface area contributed by atoms with Crippen LogP contribution in [0.25, 0.3) is 0 Å². The molecular formula is C13H16N2O4. The minimum Gasteiger partial charge on any atom is -0.480 e. The van der Waals surface area contributed by atoms with E-state index < -0.39 is 30.2 Å². The molecular weight excluding hydrogens is 248 g/mol. The maximum atomic E-state index is 11.7. The molecule has 0 fully saturated rings. The normalized spacial score (nSPS) is 11.6. The zero-order valence-electron chi connectivity index (χ0n) is 10.6. The molecule has 0 radical (unpaired) electrons. The maximum Gasteiger partial charge on any atom is 0.326 e. The first-order valence-electron chi connectivity index (χ1n) is 5.74. The monoisotopic (exact) mass is 264 g/mol. The lowest BCUT2D eigenvalue weighted by molar-refractivity contribution is -0.143. The Balaban J connectivity index is 2.59. The van der Waals surface area contributed by atoms with Gasteiger partial charge in [-0.1, -0.05) is 29.8 Å². The molecule has 0 aliphatic heterocycles. The average molecular weight is 264 g/mol. The first kappa shape index (κ1) is 14.7. The Morgan fingerprint density at radius 3 is 2.32 bits per heavy atom. The van der Waals surface area contributed by atoms with Crippen LogP contribution >= 0.6 is 0 Å². The van der Waals surface area contributed by atoms with Gasteiger partial charge in [0.15, 0.2) is 0 Å². The van der Waals surface area contributed by atoms with Gasteiger partial charge < -0.3 is 16.2 Å². The lowest BCUT2D eigenvalue weighted by atomic mass is 10.1. The summed E-state index contributed by atoms with van der Waals surface area (Å²) in [7, 11) is 0. The minimum absolute atomic E-state index is 0.0584. The molecule has 0 heterocycles. The summed E-state index contributed by atoms with van der Waals surface area (Å²) in [5.74, 6) is -2.52. The van der Waals surface area contributed by atoms with Crippen molar-refractivity contribution in [2.45, 2.75) is 25.8 Å². The Labute approximate surface area is 110 Å². The van der Waals surface area contributed by atoms with Crippen molar-refractivity contribution in [1.29, 1.82) is 0 Å². The Morgan fingerprint density at radius 2 is 1.84 bits per heavy atom. The smallest absolute Gasteiger partial charge is 0.326 e. The van der Waals surface area contributed by atoms with E-state index in [1.807, 2.05) is 19.1 Å². The van der Waals surface area contributed by atoms with E-state index in [1.165, 1.54) is 0 Å². The summed E-state index contributed by atoms with van der Waals surface area (Å²) < 4.78 is 0. The van der Waals surface area contributed by atoms with Gasteiger partial charge in [0, 0.05) is 0 Å². The highest BCUT2D eigenvalue weighted by Gasteiger charge is 2.21. The number of carboxylic acids is 1. The molecule has 19 heavy (non-hydrogen) atoms. The molecule has 1 aromatic carbocycles. The number of amides is 2. The third-order valence-electron chi connectivity index (χ3n) is 2.52. The first-order valence-corrected chi connectivity index (χ1v) is 5.74. The Morgan fingerprint density at radius 1 is 1.26 bits per heavy atom. The summed E-state index contributed by atoms with van der Waals surface area (Å²) in [6.07, 6.45) is -0.363. The van der Waals surface area contributed by atoms with Crippen molar-refractivity contribution < 1.29 is 19.5 Å². The van der Waals surface area contributed by atoms with Crippen LogP contribution in [0.2, 0.25) is 0 Å². The van der Waals surface area contributed by atoms with Crippen molar-refractivity contribution in [2.24, 2.45) is 5.73 Å². The fourth-order valence-electron chi connectivity index (χ4n) is 1.54. The number of benzene rings is 1. The van der Waals surface area contributed by atoms with Gasteiger partial charge in [-0.05, 0) is 12.5 Å². The van der Waals surface area contributed by atoms with E-state index in [0.717, 1.165) is 11.1 Å². The Bertz CT molecular complexity index is 482. The van der Waals surface area contributed by atoms with Crippen LogP contribution in [0.5, 0.6) is 0 Å². The van der Waals surface area contributed by atoms with Crippen LogP contribution < -0.4 is 11.1 Å². The summed E-state index contributed by atoms with van der Waals surface area (Å²) in [6.45, 7) is 1.93. The molecule has 0 aliphatic rings. The molecule has 0 saturated heterocycles. The molecule has 6 nitrogen and oxygen atoms in total. The third kappa shape index (κ3) is 5.20. The quantitative estimate of drug-likeness (QED) is 0.670. The van der Waals surface area contributed by atoms with Crippen molar-refractivity contribution >= 4 is 17.8 Å². The van der Waals surface area contributed by atoms with Gasteiger partial charge in [-0.25, -0.2) is 4.79 Å². The zero-order chi connectivity index (χ0) is 14.4. The highest BCUT2D eigenvalue weighted by molar-refractivity contribution is 5.88.